The quantitative estimate of drug-likeness (QED) is 0.513. The summed E-state index contributed by atoms with van der Waals surface area (Å²) in [6, 6.07) is 0. The molecule has 0 radical (unpaired) electrons. The Balaban J connectivity index is 4.59. The minimum absolute atomic E-state index is 0.225. The van der Waals surface area contributed by atoms with Gasteiger partial charge < -0.3 is 4.74 Å². The topological polar surface area (TPSA) is 26.3 Å². The van der Waals surface area contributed by atoms with Gasteiger partial charge in [-0.05, 0) is 27.7 Å². The van der Waals surface area contributed by atoms with Crippen LogP contribution in [0.1, 0.15) is 27.7 Å². The smallest absolute Gasteiger partial charge is 0.312 e. The number of carbonyl (C=O) groups excluding carboxylic acids is 1. The fraction of sp³-hybridized carbons (Fsp3) is 0.875. The number of ether oxygens (including phenoxy) is 1. The fourth-order valence-electron chi connectivity index (χ4n) is 0.505. The Morgan fingerprint density at radius 1 is 1.27 bits per heavy atom. The molecular formula is C8H16O2S. The number of hydrogen-bond donors (Lipinski definition) is 1. The lowest BCUT2D eigenvalue weighted by Gasteiger charge is -2.34. The molecule has 0 saturated carbocycles. The van der Waals surface area contributed by atoms with Crippen molar-refractivity contribution in [3.05, 3.63) is 0 Å². The molecule has 11 heavy (non-hydrogen) atoms. The minimum atomic E-state index is -0.551. The molecule has 0 saturated heterocycles. The third-order valence-corrected chi connectivity index (χ3v) is 2.78. The number of rotatable bonds is 2. The van der Waals surface area contributed by atoms with E-state index in [4.69, 9.17) is 0 Å². The van der Waals surface area contributed by atoms with Crippen molar-refractivity contribution in [2.45, 2.75) is 32.4 Å². The molecule has 0 atom stereocenters. The predicted octanol–water partition coefficient (Wildman–Crippen LogP) is 1.89. The highest BCUT2D eigenvalue weighted by Crippen LogP contribution is 2.36. The second-order valence-corrected chi connectivity index (χ2v) is 4.79. The SMILES string of the molecule is COC(=O)C(C)(C)C(C)(C)S. The molecule has 66 valence electrons. The normalized spacial score (nSPS) is 12.9. The van der Waals surface area contributed by atoms with Crippen molar-refractivity contribution in [2.24, 2.45) is 5.41 Å². The summed E-state index contributed by atoms with van der Waals surface area (Å²) in [4.78, 5) is 11.2. The zero-order valence-corrected chi connectivity index (χ0v) is 8.66. The van der Waals surface area contributed by atoms with Gasteiger partial charge in [-0.1, -0.05) is 0 Å². The Labute approximate surface area is 73.7 Å². The number of methoxy groups -OCH3 is 1. The largest absolute Gasteiger partial charge is 0.469 e. The van der Waals surface area contributed by atoms with Crippen LogP contribution in [0, 0.1) is 5.41 Å². The van der Waals surface area contributed by atoms with Crippen LogP contribution in [0.25, 0.3) is 0 Å². The molecule has 0 aromatic rings. The van der Waals surface area contributed by atoms with Gasteiger partial charge >= 0.3 is 5.97 Å². The van der Waals surface area contributed by atoms with E-state index < -0.39 is 5.41 Å². The van der Waals surface area contributed by atoms with E-state index in [9.17, 15) is 4.79 Å². The predicted molar refractivity (Wildman–Crippen MR) is 48.9 cm³/mol. The van der Waals surface area contributed by atoms with E-state index in [1.165, 1.54) is 7.11 Å². The molecule has 0 bridgehead atoms. The number of hydrogen-bond acceptors (Lipinski definition) is 3. The van der Waals surface area contributed by atoms with Gasteiger partial charge in [0, 0.05) is 4.75 Å². The Hall–Kier alpha value is -0.180. The lowest BCUT2D eigenvalue weighted by Crippen LogP contribution is -2.41. The summed E-state index contributed by atoms with van der Waals surface area (Å²) in [5, 5.41) is 0. The highest BCUT2D eigenvalue weighted by Gasteiger charge is 2.41. The second-order valence-electron chi connectivity index (χ2n) is 3.68. The van der Waals surface area contributed by atoms with E-state index in [0.717, 1.165) is 0 Å². The van der Waals surface area contributed by atoms with E-state index in [-0.39, 0.29) is 10.7 Å². The maximum absolute atomic E-state index is 11.2. The summed E-state index contributed by atoms with van der Waals surface area (Å²) < 4.78 is 4.29. The average molecular weight is 176 g/mol. The van der Waals surface area contributed by atoms with E-state index in [1.54, 1.807) is 0 Å². The zero-order valence-electron chi connectivity index (χ0n) is 7.76. The van der Waals surface area contributed by atoms with Gasteiger partial charge in [-0.2, -0.15) is 12.6 Å². The highest BCUT2D eigenvalue weighted by atomic mass is 32.1. The molecule has 0 aromatic heterocycles. The first-order chi connectivity index (χ1) is 4.73. The molecular weight excluding hydrogens is 160 g/mol. The third-order valence-electron chi connectivity index (χ3n) is 2.23. The lowest BCUT2D eigenvalue weighted by molar-refractivity contribution is -0.152. The highest BCUT2D eigenvalue weighted by molar-refractivity contribution is 7.81. The van der Waals surface area contributed by atoms with Crippen molar-refractivity contribution in [1.29, 1.82) is 0 Å². The molecule has 0 aliphatic heterocycles. The average Bonchev–Trinajstić information content (AvgIpc) is 1.83. The van der Waals surface area contributed by atoms with Crippen LogP contribution in [-0.2, 0) is 9.53 Å². The van der Waals surface area contributed by atoms with Gasteiger partial charge in [0.15, 0.2) is 0 Å². The van der Waals surface area contributed by atoms with Crippen LogP contribution in [0.3, 0.4) is 0 Å². The van der Waals surface area contributed by atoms with Gasteiger partial charge in [-0.25, -0.2) is 0 Å². The maximum Gasteiger partial charge on any atom is 0.312 e. The summed E-state index contributed by atoms with van der Waals surface area (Å²) >= 11 is 4.33. The van der Waals surface area contributed by atoms with E-state index >= 15 is 0 Å². The van der Waals surface area contributed by atoms with Crippen LogP contribution in [0.4, 0.5) is 0 Å². The summed E-state index contributed by atoms with van der Waals surface area (Å²) in [6.07, 6.45) is 0. The first kappa shape index (κ1) is 10.8. The van der Waals surface area contributed by atoms with E-state index in [0.29, 0.717) is 0 Å². The van der Waals surface area contributed by atoms with Crippen LogP contribution in [0.2, 0.25) is 0 Å². The van der Waals surface area contributed by atoms with Crippen molar-refractivity contribution in [2.75, 3.05) is 7.11 Å². The molecule has 0 aliphatic carbocycles. The van der Waals surface area contributed by atoms with E-state index in [1.807, 2.05) is 27.7 Å². The van der Waals surface area contributed by atoms with Crippen LogP contribution in [-0.4, -0.2) is 17.8 Å². The Morgan fingerprint density at radius 3 is 1.73 bits per heavy atom. The van der Waals surface area contributed by atoms with Crippen LogP contribution in [0.5, 0.6) is 0 Å². The molecule has 2 nitrogen and oxygen atoms in total. The summed E-state index contributed by atoms with van der Waals surface area (Å²) in [5.74, 6) is -0.225. The summed E-state index contributed by atoms with van der Waals surface area (Å²) in [6.45, 7) is 7.44. The number of thiol groups is 1. The van der Waals surface area contributed by atoms with Crippen LogP contribution in [0.15, 0.2) is 0 Å². The van der Waals surface area contributed by atoms with Crippen molar-refractivity contribution in [3.8, 4) is 0 Å². The van der Waals surface area contributed by atoms with Gasteiger partial charge in [0.1, 0.15) is 0 Å². The van der Waals surface area contributed by atoms with Gasteiger partial charge in [-0.3, -0.25) is 4.79 Å². The van der Waals surface area contributed by atoms with Crippen molar-refractivity contribution >= 4 is 18.6 Å². The van der Waals surface area contributed by atoms with Crippen molar-refractivity contribution < 1.29 is 9.53 Å². The molecule has 3 heteroatoms. The first-order valence-corrected chi connectivity index (χ1v) is 3.99. The number of carbonyl (C=O) groups is 1. The molecule has 0 aliphatic rings. The Morgan fingerprint density at radius 2 is 1.64 bits per heavy atom. The van der Waals surface area contributed by atoms with Gasteiger partial charge in [-0.15, -0.1) is 0 Å². The molecule has 0 N–H and O–H groups in total. The monoisotopic (exact) mass is 176 g/mol. The van der Waals surface area contributed by atoms with Gasteiger partial charge in [0.2, 0.25) is 0 Å². The molecule has 0 aromatic carbocycles. The van der Waals surface area contributed by atoms with E-state index in [2.05, 4.69) is 17.4 Å². The lowest BCUT2D eigenvalue weighted by atomic mass is 9.80. The maximum atomic E-state index is 11.2. The Kier molecular flexibility index (Phi) is 3.00. The summed E-state index contributed by atoms with van der Waals surface area (Å²) in [5.41, 5.74) is -0.551. The molecule has 0 heterocycles. The minimum Gasteiger partial charge on any atom is -0.469 e. The molecule has 0 spiro atoms. The standard InChI is InChI=1S/C8H16O2S/c1-7(2,6(9)10-5)8(3,4)11/h11H,1-5H3. The Bertz CT molecular complexity index is 156. The second kappa shape index (κ2) is 3.05. The molecule has 0 fully saturated rings. The van der Waals surface area contributed by atoms with Gasteiger partial charge in [0.25, 0.3) is 0 Å². The van der Waals surface area contributed by atoms with Gasteiger partial charge in [0.05, 0.1) is 12.5 Å². The molecule has 0 unspecified atom stereocenters. The van der Waals surface area contributed by atoms with Crippen molar-refractivity contribution in [3.63, 3.8) is 0 Å². The first-order valence-electron chi connectivity index (χ1n) is 3.54. The third kappa shape index (κ3) is 2.12. The number of esters is 1. The fourth-order valence-corrected chi connectivity index (χ4v) is 0.596. The van der Waals surface area contributed by atoms with Crippen molar-refractivity contribution in [1.82, 2.24) is 0 Å². The molecule has 0 amide bonds. The zero-order chi connectivity index (χ0) is 9.28. The molecule has 0 rings (SSSR count). The van der Waals surface area contributed by atoms with Crippen LogP contribution < -0.4 is 0 Å². The van der Waals surface area contributed by atoms with Crippen LogP contribution >= 0.6 is 12.6 Å². The summed E-state index contributed by atoms with van der Waals surface area (Å²) in [7, 11) is 1.39.